The third-order valence-corrected chi connectivity index (χ3v) is 1.58. The van der Waals surface area contributed by atoms with Crippen LogP contribution in [0.15, 0.2) is 6.20 Å². The van der Waals surface area contributed by atoms with Crippen molar-refractivity contribution in [3.63, 3.8) is 0 Å². The highest BCUT2D eigenvalue weighted by atomic mass is 15.1. The second-order valence-corrected chi connectivity index (χ2v) is 2.37. The van der Waals surface area contributed by atoms with Gasteiger partial charge in [0.1, 0.15) is 0 Å². The number of aryl methyl sites for hydroxylation is 1. The number of hydrogen-bond acceptors (Lipinski definition) is 2. The molecule has 0 atom stereocenters. The molecular formula is C7H13N3. The molecule has 0 radical (unpaired) electrons. The van der Waals surface area contributed by atoms with E-state index in [1.807, 2.05) is 20.2 Å². The molecule has 0 aliphatic rings. The van der Waals surface area contributed by atoms with Crippen molar-refractivity contribution >= 4 is 0 Å². The maximum Gasteiger partial charge on any atom is 0.0522 e. The molecule has 1 aromatic heterocycles. The van der Waals surface area contributed by atoms with E-state index in [4.69, 9.17) is 0 Å². The smallest absolute Gasteiger partial charge is 0.0522 e. The minimum atomic E-state index is 1.01. The molecule has 1 heterocycles. The molecule has 10 heavy (non-hydrogen) atoms. The topological polar surface area (TPSA) is 40.7 Å². The second-order valence-electron chi connectivity index (χ2n) is 2.37. The van der Waals surface area contributed by atoms with Crippen LogP contribution in [0.3, 0.4) is 0 Å². The van der Waals surface area contributed by atoms with Crippen LogP contribution in [0.5, 0.6) is 0 Å². The minimum Gasteiger partial charge on any atom is -0.319 e. The summed E-state index contributed by atoms with van der Waals surface area (Å²) in [5.74, 6) is 0. The molecule has 3 nitrogen and oxygen atoms in total. The SMILES string of the molecule is CNCCc1cn[nH]c1C. The number of hydrogen-bond donors (Lipinski definition) is 2. The van der Waals surface area contributed by atoms with Gasteiger partial charge in [-0.15, -0.1) is 0 Å². The van der Waals surface area contributed by atoms with E-state index >= 15 is 0 Å². The van der Waals surface area contributed by atoms with Gasteiger partial charge in [-0.2, -0.15) is 5.10 Å². The summed E-state index contributed by atoms with van der Waals surface area (Å²) in [6.45, 7) is 3.05. The number of aromatic nitrogens is 2. The summed E-state index contributed by atoms with van der Waals surface area (Å²) in [5, 5.41) is 9.91. The molecule has 3 heteroatoms. The van der Waals surface area contributed by atoms with E-state index in [9.17, 15) is 0 Å². The molecule has 0 aromatic carbocycles. The van der Waals surface area contributed by atoms with E-state index in [0.717, 1.165) is 13.0 Å². The van der Waals surface area contributed by atoms with Crippen LogP contribution in [-0.4, -0.2) is 23.8 Å². The lowest BCUT2D eigenvalue weighted by molar-refractivity contribution is 0.789. The largest absolute Gasteiger partial charge is 0.319 e. The number of nitrogens with zero attached hydrogens (tertiary/aromatic N) is 1. The van der Waals surface area contributed by atoms with Crippen LogP contribution < -0.4 is 5.32 Å². The van der Waals surface area contributed by atoms with Gasteiger partial charge in [0.2, 0.25) is 0 Å². The van der Waals surface area contributed by atoms with Gasteiger partial charge in [0.25, 0.3) is 0 Å². The Morgan fingerprint density at radius 1 is 1.70 bits per heavy atom. The molecule has 0 unspecified atom stereocenters. The fraction of sp³-hybridized carbons (Fsp3) is 0.571. The van der Waals surface area contributed by atoms with Gasteiger partial charge in [-0.3, -0.25) is 5.10 Å². The third kappa shape index (κ3) is 1.57. The lowest BCUT2D eigenvalue weighted by Gasteiger charge is -1.95. The van der Waals surface area contributed by atoms with E-state index in [2.05, 4.69) is 15.5 Å². The van der Waals surface area contributed by atoms with Crippen molar-refractivity contribution in [1.82, 2.24) is 15.5 Å². The zero-order valence-corrected chi connectivity index (χ0v) is 6.44. The van der Waals surface area contributed by atoms with Gasteiger partial charge in [-0.25, -0.2) is 0 Å². The Balaban J connectivity index is 2.49. The standard InChI is InChI=1S/C7H13N3/c1-6-7(3-4-8-2)5-9-10-6/h5,8H,3-4H2,1-2H3,(H,9,10). The van der Waals surface area contributed by atoms with Crippen molar-refractivity contribution in [3.8, 4) is 0 Å². The Kier molecular flexibility index (Phi) is 2.45. The molecule has 0 fully saturated rings. The number of nitrogens with one attached hydrogen (secondary N) is 2. The maximum absolute atomic E-state index is 3.92. The minimum absolute atomic E-state index is 1.01. The average Bonchev–Trinajstić information content (AvgIpc) is 2.31. The van der Waals surface area contributed by atoms with E-state index in [1.54, 1.807) is 0 Å². The first-order valence-electron chi connectivity index (χ1n) is 3.48. The maximum atomic E-state index is 3.92. The lowest BCUT2D eigenvalue weighted by atomic mass is 10.2. The molecule has 0 aliphatic heterocycles. The van der Waals surface area contributed by atoms with Gasteiger partial charge in [0.05, 0.1) is 6.20 Å². The van der Waals surface area contributed by atoms with Gasteiger partial charge in [0, 0.05) is 5.69 Å². The van der Waals surface area contributed by atoms with Crippen molar-refractivity contribution in [1.29, 1.82) is 0 Å². The van der Waals surface area contributed by atoms with E-state index in [0.29, 0.717) is 0 Å². The molecular weight excluding hydrogens is 126 g/mol. The van der Waals surface area contributed by atoms with Crippen molar-refractivity contribution < 1.29 is 0 Å². The lowest BCUT2D eigenvalue weighted by Crippen LogP contribution is -2.10. The first-order valence-corrected chi connectivity index (χ1v) is 3.48. The summed E-state index contributed by atoms with van der Waals surface area (Å²) in [6.07, 6.45) is 2.94. The first kappa shape index (κ1) is 7.28. The van der Waals surface area contributed by atoms with Crippen LogP contribution in [0, 0.1) is 6.92 Å². The van der Waals surface area contributed by atoms with E-state index in [1.165, 1.54) is 11.3 Å². The highest BCUT2D eigenvalue weighted by Gasteiger charge is 1.96. The molecule has 2 N–H and O–H groups in total. The summed E-state index contributed by atoms with van der Waals surface area (Å²) in [6, 6.07) is 0. The summed E-state index contributed by atoms with van der Waals surface area (Å²) in [7, 11) is 1.95. The van der Waals surface area contributed by atoms with Crippen molar-refractivity contribution in [2.45, 2.75) is 13.3 Å². The zero-order valence-electron chi connectivity index (χ0n) is 6.44. The van der Waals surface area contributed by atoms with E-state index < -0.39 is 0 Å². The van der Waals surface area contributed by atoms with Crippen molar-refractivity contribution in [3.05, 3.63) is 17.5 Å². The summed E-state index contributed by atoms with van der Waals surface area (Å²) < 4.78 is 0. The Labute approximate surface area is 60.8 Å². The molecule has 0 amide bonds. The van der Waals surface area contributed by atoms with Crippen LogP contribution in [0.1, 0.15) is 11.3 Å². The summed E-state index contributed by atoms with van der Waals surface area (Å²) in [4.78, 5) is 0. The average molecular weight is 139 g/mol. The fourth-order valence-corrected chi connectivity index (χ4v) is 0.887. The first-order chi connectivity index (χ1) is 4.84. The number of H-pyrrole nitrogens is 1. The van der Waals surface area contributed by atoms with Crippen molar-refractivity contribution in [2.75, 3.05) is 13.6 Å². The Morgan fingerprint density at radius 2 is 2.50 bits per heavy atom. The molecule has 0 aliphatic carbocycles. The fourth-order valence-electron chi connectivity index (χ4n) is 0.887. The van der Waals surface area contributed by atoms with Gasteiger partial charge in [-0.1, -0.05) is 0 Å². The predicted molar refractivity (Wildman–Crippen MR) is 41.0 cm³/mol. The molecule has 0 spiro atoms. The third-order valence-electron chi connectivity index (χ3n) is 1.58. The molecule has 1 aromatic rings. The monoisotopic (exact) mass is 139 g/mol. The Morgan fingerprint density at radius 3 is 3.00 bits per heavy atom. The van der Waals surface area contributed by atoms with Crippen LogP contribution >= 0.6 is 0 Å². The number of likely N-dealkylation sites (N-methyl/N-ethyl adjacent to an activating group) is 1. The normalized spacial score (nSPS) is 10.2. The highest BCUT2D eigenvalue weighted by Crippen LogP contribution is 2.01. The second kappa shape index (κ2) is 3.37. The van der Waals surface area contributed by atoms with E-state index in [-0.39, 0.29) is 0 Å². The van der Waals surface area contributed by atoms with Gasteiger partial charge in [0.15, 0.2) is 0 Å². The van der Waals surface area contributed by atoms with Crippen LogP contribution in [0.4, 0.5) is 0 Å². The highest BCUT2D eigenvalue weighted by molar-refractivity contribution is 5.14. The predicted octanol–water partition coefficient (Wildman–Crippen LogP) is 0.480. The molecule has 0 saturated carbocycles. The van der Waals surface area contributed by atoms with Crippen molar-refractivity contribution in [2.24, 2.45) is 0 Å². The summed E-state index contributed by atoms with van der Waals surface area (Å²) >= 11 is 0. The number of aromatic amines is 1. The van der Waals surface area contributed by atoms with Crippen LogP contribution in [0.2, 0.25) is 0 Å². The molecule has 1 rings (SSSR count). The summed E-state index contributed by atoms with van der Waals surface area (Å²) in [5.41, 5.74) is 2.48. The molecule has 0 saturated heterocycles. The quantitative estimate of drug-likeness (QED) is 0.639. The zero-order chi connectivity index (χ0) is 7.40. The molecule has 56 valence electrons. The van der Waals surface area contributed by atoms with Crippen LogP contribution in [-0.2, 0) is 6.42 Å². The Hall–Kier alpha value is -0.830. The molecule has 0 bridgehead atoms. The van der Waals surface area contributed by atoms with Gasteiger partial charge >= 0.3 is 0 Å². The van der Waals surface area contributed by atoms with Gasteiger partial charge < -0.3 is 5.32 Å². The number of rotatable bonds is 3. The Bertz CT molecular complexity index is 192. The van der Waals surface area contributed by atoms with Gasteiger partial charge in [-0.05, 0) is 32.5 Å². The van der Waals surface area contributed by atoms with Crippen LogP contribution in [0.25, 0.3) is 0 Å².